The van der Waals surface area contributed by atoms with Crippen molar-refractivity contribution in [2.24, 2.45) is 11.7 Å². The zero-order chi connectivity index (χ0) is 17.9. The van der Waals surface area contributed by atoms with E-state index in [1.165, 1.54) is 12.3 Å². The van der Waals surface area contributed by atoms with E-state index in [2.05, 4.69) is 4.98 Å². The van der Waals surface area contributed by atoms with Crippen molar-refractivity contribution in [1.82, 2.24) is 9.55 Å². The average Bonchev–Trinajstić information content (AvgIpc) is 2.92. The molecule has 0 aliphatic carbocycles. The van der Waals surface area contributed by atoms with E-state index in [0.29, 0.717) is 0 Å². The Hall–Kier alpha value is -2.01. The lowest BCUT2D eigenvalue weighted by Crippen LogP contribution is -2.38. The number of carbonyl (C=O) groups excluding carboxylic acids is 1. The van der Waals surface area contributed by atoms with Crippen molar-refractivity contribution in [3.8, 4) is 0 Å². The highest BCUT2D eigenvalue weighted by Crippen LogP contribution is 2.28. The quantitative estimate of drug-likeness (QED) is 0.386. The van der Waals surface area contributed by atoms with Gasteiger partial charge >= 0.3 is 11.7 Å². The first-order valence-electron chi connectivity index (χ1n) is 7.58. The standard InChI is InChI=1S/C14H22N4O6/c1-7(2)11(15)13(20)23-6-8-5-9(19)12(24-8)18-4-3-10(17-22)16-14(18)21/h3-4,7-9,11-12,19,22H,5-6,15H2,1-2H3,(H,16,17,21)/t8-,9+,11-,12+/m0/s1. The van der Waals surface area contributed by atoms with Crippen LogP contribution in [0, 0.1) is 5.92 Å². The van der Waals surface area contributed by atoms with Crippen LogP contribution in [0.3, 0.4) is 0 Å². The molecular weight excluding hydrogens is 320 g/mol. The van der Waals surface area contributed by atoms with E-state index in [1.54, 1.807) is 5.48 Å². The van der Waals surface area contributed by atoms with Crippen LogP contribution in [-0.4, -0.2) is 50.7 Å². The summed E-state index contributed by atoms with van der Waals surface area (Å²) < 4.78 is 11.8. The first-order valence-corrected chi connectivity index (χ1v) is 7.58. The molecule has 1 aliphatic heterocycles. The van der Waals surface area contributed by atoms with Crippen molar-refractivity contribution in [3.05, 3.63) is 22.7 Å². The molecule has 1 aromatic rings. The van der Waals surface area contributed by atoms with Crippen molar-refractivity contribution >= 4 is 11.8 Å². The van der Waals surface area contributed by atoms with Crippen LogP contribution in [0.15, 0.2) is 17.1 Å². The first-order chi connectivity index (χ1) is 11.3. The van der Waals surface area contributed by atoms with Gasteiger partial charge in [0.25, 0.3) is 0 Å². The molecule has 1 aromatic heterocycles. The SMILES string of the molecule is CC(C)[C@H](N)C(=O)OC[C@@H]1C[C@@H](O)[C@H](n2ccc(NO)nc2=O)O1. The van der Waals surface area contributed by atoms with Gasteiger partial charge < -0.3 is 20.3 Å². The molecule has 1 aliphatic rings. The van der Waals surface area contributed by atoms with E-state index >= 15 is 0 Å². The summed E-state index contributed by atoms with van der Waals surface area (Å²) in [4.78, 5) is 27.2. The summed E-state index contributed by atoms with van der Waals surface area (Å²) in [5.74, 6) is -0.607. The summed E-state index contributed by atoms with van der Waals surface area (Å²) in [7, 11) is 0. The number of aliphatic hydroxyl groups is 1. The number of nitrogens with zero attached hydrogens (tertiary/aromatic N) is 2. The van der Waals surface area contributed by atoms with Gasteiger partial charge in [-0.2, -0.15) is 4.98 Å². The van der Waals surface area contributed by atoms with Crippen LogP contribution in [0.5, 0.6) is 0 Å². The van der Waals surface area contributed by atoms with Gasteiger partial charge in [-0.25, -0.2) is 4.79 Å². The molecule has 2 heterocycles. The molecule has 1 saturated heterocycles. The number of hydrogen-bond donors (Lipinski definition) is 4. The normalized spacial score (nSPS) is 24.8. The number of carbonyl (C=O) groups is 1. The van der Waals surface area contributed by atoms with E-state index in [4.69, 9.17) is 20.4 Å². The largest absolute Gasteiger partial charge is 0.462 e. The van der Waals surface area contributed by atoms with Crippen LogP contribution in [0.4, 0.5) is 5.82 Å². The molecule has 0 radical (unpaired) electrons. The second kappa shape index (κ2) is 7.71. The van der Waals surface area contributed by atoms with Gasteiger partial charge in [-0.3, -0.25) is 20.0 Å². The summed E-state index contributed by atoms with van der Waals surface area (Å²) in [6.45, 7) is 3.55. The van der Waals surface area contributed by atoms with Gasteiger partial charge in [0.1, 0.15) is 18.8 Å². The number of anilines is 1. The average molecular weight is 342 g/mol. The maximum Gasteiger partial charge on any atom is 0.351 e. The van der Waals surface area contributed by atoms with Gasteiger partial charge in [0.05, 0.1) is 6.10 Å². The number of nitrogens with two attached hydrogens (primary N) is 1. The molecule has 134 valence electrons. The van der Waals surface area contributed by atoms with Crippen LogP contribution in [0.2, 0.25) is 0 Å². The minimum absolute atomic E-state index is 0.0168. The molecule has 1 fully saturated rings. The lowest BCUT2D eigenvalue weighted by molar-refractivity contribution is -0.151. The molecule has 0 amide bonds. The topological polar surface area (TPSA) is 149 Å². The van der Waals surface area contributed by atoms with E-state index in [1.807, 2.05) is 13.8 Å². The van der Waals surface area contributed by atoms with Gasteiger partial charge in [-0.05, 0) is 12.0 Å². The Labute approximate surface area is 138 Å². The van der Waals surface area contributed by atoms with Crippen molar-refractivity contribution in [2.45, 2.75) is 44.7 Å². The highest BCUT2D eigenvalue weighted by Gasteiger charge is 2.36. The fourth-order valence-electron chi connectivity index (χ4n) is 2.30. The number of esters is 1. The predicted molar refractivity (Wildman–Crippen MR) is 82.2 cm³/mol. The van der Waals surface area contributed by atoms with Gasteiger partial charge in [-0.15, -0.1) is 0 Å². The predicted octanol–water partition coefficient (Wildman–Crippen LogP) is -0.781. The second-order valence-electron chi connectivity index (χ2n) is 5.97. The van der Waals surface area contributed by atoms with E-state index in [9.17, 15) is 14.7 Å². The molecule has 0 aromatic carbocycles. The summed E-state index contributed by atoms with van der Waals surface area (Å²) >= 11 is 0. The zero-order valence-electron chi connectivity index (χ0n) is 13.5. The molecule has 24 heavy (non-hydrogen) atoms. The van der Waals surface area contributed by atoms with Crippen molar-refractivity contribution in [1.29, 1.82) is 0 Å². The molecule has 2 rings (SSSR count). The molecule has 0 spiro atoms. The van der Waals surface area contributed by atoms with Crippen molar-refractivity contribution in [2.75, 3.05) is 12.1 Å². The van der Waals surface area contributed by atoms with Crippen LogP contribution in [-0.2, 0) is 14.3 Å². The molecule has 0 unspecified atom stereocenters. The Bertz CT molecular complexity index is 634. The molecule has 0 bridgehead atoms. The summed E-state index contributed by atoms with van der Waals surface area (Å²) in [5, 5.41) is 18.8. The van der Waals surface area contributed by atoms with E-state index in [-0.39, 0.29) is 24.8 Å². The second-order valence-corrected chi connectivity index (χ2v) is 5.97. The third-order valence-corrected chi connectivity index (χ3v) is 3.79. The Morgan fingerprint density at radius 1 is 1.62 bits per heavy atom. The molecular formula is C14H22N4O6. The first kappa shape index (κ1) is 18.3. The maximum absolute atomic E-state index is 11.9. The van der Waals surface area contributed by atoms with Crippen LogP contribution < -0.4 is 16.9 Å². The lowest BCUT2D eigenvalue weighted by atomic mass is 10.1. The Morgan fingerprint density at radius 3 is 2.92 bits per heavy atom. The smallest absolute Gasteiger partial charge is 0.351 e. The molecule has 5 N–H and O–H groups in total. The number of hydrogen-bond acceptors (Lipinski definition) is 9. The fourth-order valence-corrected chi connectivity index (χ4v) is 2.30. The minimum Gasteiger partial charge on any atom is -0.462 e. The number of aliphatic hydroxyl groups excluding tert-OH is 1. The molecule has 4 atom stereocenters. The highest BCUT2D eigenvalue weighted by molar-refractivity contribution is 5.75. The zero-order valence-corrected chi connectivity index (χ0v) is 13.5. The fraction of sp³-hybridized carbons (Fsp3) is 0.643. The van der Waals surface area contributed by atoms with Crippen LogP contribution in [0.25, 0.3) is 0 Å². The monoisotopic (exact) mass is 342 g/mol. The lowest BCUT2D eigenvalue weighted by Gasteiger charge is -2.18. The third-order valence-electron chi connectivity index (χ3n) is 3.79. The van der Waals surface area contributed by atoms with E-state index < -0.39 is 36.1 Å². The maximum atomic E-state index is 11.9. The third kappa shape index (κ3) is 4.09. The van der Waals surface area contributed by atoms with Gasteiger partial charge in [0.2, 0.25) is 0 Å². The number of ether oxygens (including phenoxy) is 2. The molecule has 10 nitrogen and oxygen atoms in total. The summed E-state index contributed by atoms with van der Waals surface area (Å²) in [5.41, 5.74) is 6.76. The number of aromatic nitrogens is 2. The highest BCUT2D eigenvalue weighted by atomic mass is 16.6. The van der Waals surface area contributed by atoms with Gasteiger partial charge in [0, 0.05) is 12.6 Å². The van der Waals surface area contributed by atoms with Crippen molar-refractivity contribution < 1.29 is 24.6 Å². The van der Waals surface area contributed by atoms with Gasteiger partial charge in [0.15, 0.2) is 12.0 Å². The number of rotatable bonds is 6. The Kier molecular flexibility index (Phi) is 5.89. The minimum atomic E-state index is -0.958. The summed E-state index contributed by atoms with van der Waals surface area (Å²) in [6.07, 6.45) is -0.928. The van der Waals surface area contributed by atoms with E-state index in [0.717, 1.165) is 4.57 Å². The number of nitrogens with one attached hydrogen (secondary N) is 1. The van der Waals surface area contributed by atoms with Crippen LogP contribution >= 0.6 is 0 Å². The van der Waals surface area contributed by atoms with Crippen molar-refractivity contribution in [3.63, 3.8) is 0 Å². The summed E-state index contributed by atoms with van der Waals surface area (Å²) in [6, 6.07) is 0.629. The molecule has 10 heteroatoms. The van der Waals surface area contributed by atoms with Crippen LogP contribution in [0.1, 0.15) is 26.5 Å². The van der Waals surface area contributed by atoms with Gasteiger partial charge in [-0.1, -0.05) is 13.8 Å². The Balaban J connectivity index is 1.97. The molecule has 0 saturated carbocycles. The Morgan fingerprint density at radius 2 is 2.33 bits per heavy atom.